The second kappa shape index (κ2) is 4.36. The van der Waals surface area contributed by atoms with Crippen molar-refractivity contribution in [1.29, 1.82) is 0 Å². The molecule has 3 heterocycles. The lowest BCUT2D eigenvalue weighted by molar-refractivity contribution is 0.182. The molecule has 2 aromatic rings. The number of rotatable bonds is 2. The van der Waals surface area contributed by atoms with Crippen molar-refractivity contribution in [2.75, 3.05) is 13.2 Å². The van der Waals surface area contributed by atoms with Gasteiger partial charge in [0, 0.05) is 19.1 Å². The Labute approximate surface area is 107 Å². The van der Waals surface area contributed by atoms with Gasteiger partial charge in [0.2, 0.25) is 0 Å². The number of ether oxygens (including phenoxy) is 1. The van der Waals surface area contributed by atoms with E-state index >= 15 is 0 Å². The summed E-state index contributed by atoms with van der Waals surface area (Å²) in [4.78, 5) is 16.2. The summed E-state index contributed by atoms with van der Waals surface area (Å²) in [5.74, 6) is 0.402. The molecule has 1 saturated heterocycles. The Morgan fingerprint density at radius 3 is 3.29 bits per heavy atom. The lowest BCUT2D eigenvalue weighted by Gasteiger charge is -2.10. The van der Waals surface area contributed by atoms with Crippen LogP contribution in [0.3, 0.4) is 0 Å². The van der Waals surface area contributed by atoms with Crippen LogP contribution in [0.5, 0.6) is 0 Å². The number of thiophene rings is 1. The molecule has 0 aromatic carbocycles. The minimum atomic E-state index is 0.0110. The number of H-pyrrole nitrogens is 1. The molecule has 1 unspecified atom stereocenters. The lowest BCUT2D eigenvalue weighted by atomic mass is 10.1. The van der Waals surface area contributed by atoms with Crippen molar-refractivity contribution >= 4 is 33.8 Å². The topological polar surface area (TPSA) is 47.0 Å². The standard InChI is InChI=1S/C11H12N2O2S2/c14-10-8-2-4-17-9(8)12-11(16)13(10)5-7-1-3-15-6-7/h2,4,7H,1,3,5-6H2,(H,12,16). The minimum Gasteiger partial charge on any atom is -0.381 e. The van der Waals surface area contributed by atoms with Crippen molar-refractivity contribution in [3.05, 3.63) is 26.6 Å². The average Bonchev–Trinajstić information content (AvgIpc) is 2.94. The second-order valence-electron chi connectivity index (χ2n) is 4.24. The van der Waals surface area contributed by atoms with Gasteiger partial charge in [-0.05, 0) is 30.1 Å². The maximum atomic E-state index is 12.2. The van der Waals surface area contributed by atoms with Gasteiger partial charge in [0.25, 0.3) is 5.56 Å². The first-order chi connectivity index (χ1) is 8.25. The zero-order chi connectivity index (χ0) is 11.8. The van der Waals surface area contributed by atoms with E-state index in [1.807, 2.05) is 11.4 Å². The number of nitrogens with zero attached hydrogens (tertiary/aromatic N) is 1. The minimum absolute atomic E-state index is 0.0110. The van der Waals surface area contributed by atoms with Crippen molar-refractivity contribution in [2.24, 2.45) is 5.92 Å². The fourth-order valence-corrected chi connectivity index (χ4v) is 3.23. The van der Waals surface area contributed by atoms with Gasteiger partial charge in [-0.25, -0.2) is 0 Å². The van der Waals surface area contributed by atoms with Crippen molar-refractivity contribution in [2.45, 2.75) is 13.0 Å². The van der Waals surface area contributed by atoms with Crippen LogP contribution in [0.4, 0.5) is 0 Å². The smallest absolute Gasteiger partial charge is 0.263 e. The van der Waals surface area contributed by atoms with E-state index in [9.17, 15) is 4.79 Å². The molecule has 2 aromatic heterocycles. The van der Waals surface area contributed by atoms with Crippen molar-refractivity contribution in [1.82, 2.24) is 9.55 Å². The molecule has 1 atom stereocenters. The van der Waals surface area contributed by atoms with Gasteiger partial charge in [-0.3, -0.25) is 9.36 Å². The van der Waals surface area contributed by atoms with Gasteiger partial charge in [0.05, 0.1) is 12.0 Å². The Kier molecular flexibility index (Phi) is 2.85. The third-order valence-corrected chi connectivity index (χ3v) is 4.22. The van der Waals surface area contributed by atoms with Crippen LogP contribution in [-0.2, 0) is 11.3 Å². The highest BCUT2D eigenvalue weighted by Gasteiger charge is 2.18. The molecule has 1 N–H and O–H groups in total. The van der Waals surface area contributed by atoms with Gasteiger partial charge in [-0.1, -0.05) is 0 Å². The van der Waals surface area contributed by atoms with Crippen molar-refractivity contribution < 1.29 is 4.74 Å². The maximum absolute atomic E-state index is 12.2. The van der Waals surface area contributed by atoms with Crippen LogP contribution >= 0.6 is 23.6 Å². The predicted molar refractivity (Wildman–Crippen MR) is 70.2 cm³/mol. The number of aromatic nitrogens is 2. The summed E-state index contributed by atoms with van der Waals surface area (Å²) in [5, 5.41) is 2.63. The van der Waals surface area contributed by atoms with E-state index in [1.54, 1.807) is 4.57 Å². The van der Waals surface area contributed by atoms with Crippen LogP contribution in [0, 0.1) is 10.7 Å². The van der Waals surface area contributed by atoms with Gasteiger partial charge in [-0.2, -0.15) is 0 Å². The van der Waals surface area contributed by atoms with E-state index in [0.29, 0.717) is 17.2 Å². The highest BCUT2D eigenvalue weighted by molar-refractivity contribution is 7.71. The van der Waals surface area contributed by atoms with E-state index in [2.05, 4.69) is 4.98 Å². The maximum Gasteiger partial charge on any atom is 0.263 e. The third kappa shape index (κ3) is 1.96. The third-order valence-electron chi connectivity index (χ3n) is 3.07. The number of aromatic amines is 1. The van der Waals surface area contributed by atoms with Gasteiger partial charge < -0.3 is 9.72 Å². The first-order valence-electron chi connectivity index (χ1n) is 5.54. The van der Waals surface area contributed by atoms with Crippen LogP contribution in [0.2, 0.25) is 0 Å². The molecule has 0 saturated carbocycles. The summed E-state index contributed by atoms with van der Waals surface area (Å²) in [6, 6.07) is 1.84. The van der Waals surface area contributed by atoms with Gasteiger partial charge in [0.15, 0.2) is 4.77 Å². The van der Waals surface area contributed by atoms with Gasteiger partial charge in [-0.15, -0.1) is 11.3 Å². The Balaban J connectivity index is 2.08. The highest BCUT2D eigenvalue weighted by atomic mass is 32.1. The number of nitrogens with one attached hydrogen (secondary N) is 1. The number of hydrogen-bond acceptors (Lipinski definition) is 4. The summed E-state index contributed by atoms with van der Waals surface area (Å²) in [6.07, 6.45) is 1.00. The molecular formula is C11H12N2O2S2. The van der Waals surface area contributed by atoms with E-state index in [0.717, 1.165) is 29.9 Å². The molecule has 1 aliphatic rings. The van der Waals surface area contributed by atoms with Gasteiger partial charge in [0.1, 0.15) is 4.83 Å². The quantitative estimate of drug-likeness (QED) is 0.849. The Morgan fingerprint density at radius 2 is 2.53 bits per heavy atom. The van der Waals surface area contributed by atoms with Crippen molar-refractivity contribution in [3.63, 3.8) is 0 Å². The number of hydrogen-bond donors (Lipinski definition) is 1. The molecular weight excluding hydrogens is 256 g/mol. The van der Waals surface area contributed by atoms with E-state index in [-0.39, 0.29) is 5.56 Å². The average molecular weight is 268 g/mol. The normalized spacial score (nSPS) is 20.1. The number of fused-ring (bicyclic) bond motifs is 1. The lowest BCUT2D eigenvalue weighted by Crippen LogP contribution is -2.25. The predicted octanol–water partition coefficient (Wildman–Crippen LogP) is 2.16. The largest absolute Gasteiger partial charge is 0.381 e. The molecule has 0 radical (unpaired) electrons. The molecule has 0 amide bonds. The van der Waals surface area contributed by atoms with E-state index in [4.69, 9.17) is 17.0 Å². The first kappa shape index (κ1) is 11.1. The van der Waals surface area contributed by atoms with Crippen LogP contribution in [0.25, 0.3) is 10.2 Å². The van der Waals surface area contributed by atoms with E-state index in [1.165, 1.54) is 11.3 Å². The summed E-state index contributed by atoms with van der Waals surface area (Å²) in [6.45, 7) is 2.17. The Hall–Kier alpha value is -0.980. The monoisotopic (exact) mass is 268 g/mol. The SMILES string of the molecule is O=c1c2ccsc2[nH]c(=S)n1CC1CCOC1. The molecule has 90 valence electrons. The second-order valence-corrected chi connectivity index (χ2v) is 5.54. The Morgan fingerprint density at radius 1 is 1.65 bits per heavy atom. The summed E-state index contributed by atoms with van der Waals surface area (Å²) < 4.78 is 7.49. The molecule has 3 rings (SSSR count). The van der Waals surface area contributed by atoms with E-state index < -0.39 is 0 Å². The van der Waals surface area contributed by atoms with Crippen LogP contribution in [-0.4, -0.2) is 22.8 Å². The molecule has 4 nitrogen and oxygen atoms in total. The molecule has 17 heavy (non-hydrogen) atoms. The Bertz CT molecular complexity index is 649. The zero-order valence-corrected chi connectivity index (χ0v) is 10.8. The summed E-state index contributed by atoms with van der Waals surface area (Å²) >= 11 is 6.75. The molecule has 0 aliphatic carbocycles. The molecule has 0 bridgehead atoms. The van der Waals surface area contributed by atoms with Gasteiger partial charge >= 0.3 is 0 Å². The fraction of sp³-hybridized carbons (Fsp3) is 0.455. The molecule has 0 spiro atoms. The zero-order valence-electron chi connectivity index (χ0n) is 9.14. The summed E-state index contributed by atoms with van der Waals surface area (Å²) in [7, 11) is 0. The van der Waals surface area contributed by atoms with Crippen molar-refractivity contribution in [3.8, 4) is 0 Å². The first-order valence-corrected chi connectivity index (χ1v) is 6.82. The fourth-order valence-electron chi connectivity index (χ4n) is 2.13. The molecule has 1 fully saturated rings. The highest BCUT2D eigenvalue weighted by Crippen LogP contribution is 2.17. The van der Waals surface area contributed by atoms with Crippen LogP contribution in [0.1, 0.15) is 6.42 Å². The molecule has 6 heteroatoms. The van der Waals surface area contributed by atoms with Crippen LogP contribution in [0.15, 0.2) is 16.2 Å². The summed E-state index contributed by atoms with van der Waals surface area (Å²) in [5.41, 5.74) is 0.0110. The van der Waals surface area contributed by atoms with Crippen LogP contribution < -0.4 is 5.56 Å². The molecule has 1 aliphatic heterocycles.